The van der Waals surface area contributed by atoms with E-state index in [0.29, 0.717) is 0 Å². The summed E-state index contributed by atoms with van der Waals surface area (Å²) < 4.78 is 0. The van der Waals surface area contributed by atoms with Gasteiger partial charge in [-0.2, -0.15) is 0 Å². The van der Waals surface area contributed by atoms with Gasteiger partial charge in [0.1, 0.15) is 0 Å². The summed E-state index contributed by atoms with van der Waals surface area (Å²) in [5, 5.41) is 10.6. The number of hydrogen-bond acceptors (Lipinski definition) is 2. The summed E-state index contributed by atoms with van der Waals surface area (Å²) in [5.74, 6) is 6.47. The van der Waals surface area contributed by atoms with Gasteiger partial charge in [-0.3, -0.25) is 4.90 Å². The Hall–Kier alpha value is -1.56. The lowest BCUT2D eigenvalue weighted by Gasteiger charge is -2.29. The van der Waals surface area contributed by atoms with Gasteiger partial charge < -0.3 is 5.11 Å². The number of allylic oxidation sites excluding steroid dienone is 1. The van der Waals surface area contributed by atoms with Crippen molar-refractivity contribution in [2.75, 3.05) is 13.6 Å². The molecule has 2 nitrogen and oxygen atoms in total. The first kappa shape index (κ1) is 20.5. The first-order valence-corrected chi connectivity index (χ1v) is 8.70. The van der Waals surface area contributed by atoms with Crippen LogP contribution in [0.2, 0.25) is 0 Å². The Balaban J connectivity index is 2.66. The fourth-order valence-electron chi connectivity index (χ4n) is 2.24. The van der Waals surface area contributed by atoms with E-state index in [1.807, 2.05) is 39.0 Å². The molecule has 1 atom stereocenters. The van der Waals surface area contributed by atoms with Crippen LogP contribution >= 0.6 is 0 Å². The Morgan fingerprint density at radius 2 is 1.88 bits per heavy atom. The smallest absolute Gasteiger partial charge is 0.0891 e. The van der Waals surface area contributed by atoms with Gasteiger partial charge in [0.25, 0.3) is 0 Å². The molecule has 0 heterocycles. The van der Waals surface area contributed by atoms with Gasteiger partial charge in [0.05, 0.1) is 5.60 Å². The normalized spacial score (nSPS) is 14.8. The van der Waals surface area contributed by atoms with Gasteiger partial charge in [-0.05, 0) is 57.9 Å². The summed E-state index contributed by atoms with van der Waals surface area (Å²) >= 11 is 0. The van der Waals surface area contributed by atoms with Crippen LogP contribution in [0.5, 0.6) is 0 Å². The van der Waals surface area contributed by atoms with Crippen LogP contribution in [0.3, 0.4) is 0 Å². The van der Waals surface area contributed by atoms with E-state index in [4.69, 9.17) is 0 Å². The molecule has 1 N–H and O–H groups in total. The predicted molar refractivity (Wildman–Crippen MR) is 104 cm³/mol. The van der Waals surface area contributed by atoms with Gasteiger partial charge in [0, 0.05) is 18.5 Å². The van der Waals surface area contributed by atoms with Crippen LogP contribution in [0.15, 0.2) is 36.4 Å². The third kappa shape index (κ3) is 6.91. The molecule has 1 unspecified atom stereocenters. The van der Waals surface area contributed by atoms with Crippen LogP contribution in [0.1, 0.15) is 52.7 Å². The van der Waals surface area contributed by atoms with Gasteiger partial charge in [-0.1, -0.05) is 56.0 Å². The first-order valence-electron chi connectivity index (χ1n) is 8.70. The van der Waals surface area contributed by atoms with Crippen LogP contribution in [0, 0.1) is 23.2 Å². The molecular formula is C22H33NO. The van der Waals surface area contributed by atoms with Crippen molar-refractivity contribution in [2.24, 2.45) is 11.3 Å². The van der Waals surface area contributed by atoms with Gasteiger partial charge in [-0.15, -0.1) is 0 Å². The molecule has 1 rings (SSSR count). The summed E-state index contributed by atoms with van der Waals surface area (Å²) in [6.07, 6.45) is 4.02. The quantitative estimate of drug-likeness (QED) is 0.773. The summed E-state index contributed by atoms with van der Waals surface area (Å²) in [7, 11) is 2.09. The van der Waals surface area contributed by atoms with Crippen molar-refractivity contribution in [3.63, 3.8) is 0 Å². The molecular weight excluding hydrogens is 294 g/mol. The average molecular weight is 328 g/mol. The molecule has 0 radical (unpaired) electrons. The van der Waals surface area contributed by atoms with E-state index in [2.05, 4.69) is 62.8 Å². The molecule has 132 valence electrons. The predicted octanol–water partition coefficient (Wildman–Crippen LogP) is 4.59. The summed E-state index contributed by atoms with van der Waals surface area (Å²) in [6, 6.07) is 8.25. The van der Waals surface area contributed by atoms with Crippen LogP contribution in [-0.4, -0.2) is 23.6 Å². The molecule has 0 aliphatic heterocycles. The lowest BCUT2D eigenvalue weighted by atomic mass is 9.84. The molecule has 0 aromatic heterocycles. The van der Waals surface area contributed by atoms with Gasteiger partial charge in [-0.25, -0.2) is 0 Å². The Morgan fingerprint density at radius 3 is 2.46 bits per heavy atom. The summed E-state index contributed by atoms with van der Waals surface area (Å²) in [4.78, 5) is 2.23. The van der Waals surface area contributed by atoms with Gasteiger partial charge in [0.15, 0.2) is 0 Å². The van der Waals surface area contributed by atoms with Crippen molar-refractivity contribution in [3.8, 4) is 11.8 Å². The second-order valence-electron chi connectivity index (χ2n) is 8.12. The highest BCUT2D eigenvalue weighted by molar-refractivity contribution is 5.28. The Morgan fingerprint density at radius 1 is 1.21 bits per heavy atom. The SMILES string of the molecule is CC(C)C(C)(O)c1cccc(CN(C)CC=CC#CC(C)(C)C)c1. The Bertz CT molecular complexity index is 609. The van der Waals surface area contributed by atoms with Crippen LogP contribution in [0.25, 0.3) is 0 Å². The van der Waals surface area contributed by atoms with Crippen molar-refractivity contribution >= 4 is 0 Å². The maximum absolute atomic E-state index is 10.6. The molecule has 0 saturated heterocycles. The zero-order valence-electron chi connectivity index (χ0n) is 16.4. The second kappa shape index (κ2) is 8.51. The summed E-state index contributed by atoms with van der Waals surface area (Å²) in [6.45, 7) is 14.0. The fourth-order valence-corrected chi connectivity index (χ4v) is 2.24. The van der Waals surface area contributed by atoms with Crippen LogP contribution < -0.4 is 0 Å². The Kier molecular flexibility index (Phi) is 7.27. The number of aliphatic hydroxyl groups is 1. The topological polar surface area (TPSA) is 23.5 Å². The highest BCUT2D eigenvalue weighted by atomic mass is 16.3. The number of likely N-dealkylation sites (N-methyl/N-ethyl adjacent to an activating group) is 1. The van der Waals surface area contributed by atoms with Crippen molar-refractivity contribution in [2.45, 2.75) is 53.7 Å². The average Bonchev–Trinajstić information content (AvgIpc) is 2.45. The molecule has 0 saturated carbocycles. The lowest BCUT2D eigenvalue weighted by Crippen LogP contribution is -2.28. The van der Waals surface area contributed by atoms with Gasteiger partial charge in [0.2, 0.25) is 0 Å². The van der Waals surface area contributed by atoms with E-state index in [0.717, 1.165) is 18.7 Å². The standard InChI is InChI=1S/C22H33NO/c1-18(2)22(6,24)20-13-11-12-19(16-20)17-23(7)15-10-8-9-14-21(3,4)5/h8,10-13,16,18,24H,15,17H2,1-7H3. The van der Waals surface area contributed by atoms with E-state index in [-0.39, 0.29) is 11.3 Å². The van der Waals surface area contributed by atoms with Crippen LogP contribution in [0.4, 0.5) is 0 Å². The maximum atomic E-state index is 10.6. The number of hydrogen-bond donors (Lipinski definition) is 1. The number of nitrogens with zero attached hydrogens (tertiary/aromatic N) is 1. The van der Waals surface area contributed by atoms with Crippen LogP contribution in [-0.2, 0) is 12.1 Å². The summed E-state index contributed by atoms with van der Waals surface area (Å²) in [5.41, 5.74) is 1.45. The second-order valence-corrected chi connectivity index (χ2v) is 8.12. The minimum absolute atomic E-state index is 0.0457. The minimum Gasteiger partial charge on any atom is -0.385 e. The van der Waals surface area contributed by atoms with E-state index in [1.54, 1.807) is 0 Å². The van der Waals surface area contributed by atoms with Crippen molar-refractivity contribution < 1.29 is 5.11 Å². The molecule has 1 aromatic rings. The van der Waals surface area contributed by atoms with Gasteiger partial charge >= 0.3 is 0 Å². The first-order chi connectivity index (χ1) is 11.0. The lowest BCUT2D eigenvalue weighted by molar-refractivity contribution is 0.00895. The van der Waals surface area contributed by atoms with Crippen molar-refractivity contribution in [1.82, 2.24) is 4.90 Å². The molecule has 0 amide bonds. The molecule has 0 aliphatic rings. The highest BCUT2D eigenvalue weighted by Crippen LogP contribution is 2.29. The zero-order valence-corrected chi connectivity index (χ0v) is 16.4. The molecule has 2 heteroatoms. The molecule has 1 aromatic carbocycles. The fraction of sp³-hybridized carbons (Fsp3) is 0.545. The van der Waals surface area contributed by atoms with E-state index in [1.165, 1.54) is 5.56 Å². The highest BCUT2D eigenvalue weighted by Gasteiger charge is 2.27. The molecule has 0 spiro atoms. The van der Waals surface area contributed by atoms with Crippen molar-refractivity contribution in [1.29, 1.82) is 0 Å². The molecule has 0 bridgehead atoms. The van der Waals surface area contributed by atoms with E-state index in [9.17, 15) is 5.11 Å². The zero-order chi connectivity index (χ0) is 18.4. The van der Waals surface area contributed by atoms with Crippen molar-refractivity contribution in [3.05, 3.63) is 47.5 Å². The molecule has 24 heavy (non-hydrogen) atoms. The van der Waals surface area contributed by atoms with E-state index < -0.39 is 5.60 Å². The molecule has 0 fully saturated rings. The third-order valence-electron chi connectivity index (χ3n) is 4.15. The third-order valence-corrected chi connectivity index (χ3v) is 4.15. The largest absolute Gasteiger partial charge is 0.385 e. The monoisotopic (exact) mass is 327 g/mol. The van der Waals surface area contributed by atoms with E-state index >= 15 is 0 Å². The maximum Gasteiger partial charge on any atom is 0.0891 e. The Labute approximate surface area is 148 Å². The minimum atomic E-state index is -0.795. The number of benzene rings is 1. The number of rotatable bonds is 6. The molecule has 0 aliphatic carbocycles.